The van der Waals surface area contributed by atoms with Crippen molar-refractivity contribution in [3.05, 3.63) is 58.4 Å². The van der Waals surface area contributed by atoms with E-state index in [0.29, 0.717) is 26.1 Å². The summed E-state index contributed by atoms with van der Waals surface area (Å²) >= 11 is 6.97. The van der Waals surface area contributed by atoms with Crippen LogP contribution >= 0.6 is 22.9 Å². The van der Waals surface area contributed by atoms with E-state index in [2.05, 4.69) is 10.2 Å². The van der Waals surface area contributed by atoms with Crippen LogP contribution in [0.25, 0.3) is 10.6 Å². The van der Waals surface area contributed by atoms with Gasteiger partial charge in [0.25, 0.3) is 5.91 Å². The summed E-state index contributed by atoms with van der Waals surface area (Å²) in [6.45, 7) is 3.93. The number of alkyl halides is 3. The van der Waals surface area contributed by atoms with Crippen molar-refractivity contribution < 1.29 is 37.0 Å². The van der Waals surface area contributed by atoms with Crippen LogP contribution in [0.1, 0.15) is 54.9 Å². The lowest BCUT2D eigenvalue weighted by Gasteiger charge is -2.31. The number of carboxylic acid groups (broad SMARTS) is 1. The summed E-state index contributed by atoms with van der Waals surface area (Å²) in [5, 5.41) is 17.1. The van der Waals surface area contributed by atoms with Gasteiger partial charge in [0.15, 0.2) is 0 Å². The molecule has 1 N–H and O–H groups in total. The highest BCUT2D eigenvalue weighted by molar-refractivity contribution is 7.18. The van der Waals surface area contributed by atoms with Crippen molar-refractivity contribution >= 4 is 39.9 Å². The van der Waals surface area contributed by atoms with Gasteiger partial charge in [-0.15, -0.1) is 10.2 Å². The Balaban J connectivity index is 1.49. The Labute approximate surface area is 255 Å². The number of rotatable bonds is 12. The number of carbonyl (C=O) groups is 2. The standard InChI is InChI=1S/C29H31ClF4N4O4S/c1-2-3-11-38(27(41)20-5-4-6-22(31)25(20)30)28-36-35-26(43-28)19-7-8-23(21(17-19)29(32,33)34)42-15-14-37-12-9-18(10-13-37)16-24(39)40/h4-8,17-18H,2-3,9-16H2,1H3,(H,39,40). The topological polar surface area (TPSA) is 95.9 Å². The van der Waals surface area contributed by atoms with Crippen molar-refractivity contribution in [3.63, 3.8) is 0 Å². The zero-order valence-electron chi connectivity index (χ0n) is 23.4. The lowest BCUT2D eigenvalue weighted by atomic mass is 9.94. The number of likely N-dealkylation sites (tertiary alicyclic amines) is 1. The maximum atomic E-state index is 14.0. The van der Waals surface area contributed by atoms with Gasteiger partial charge in [0.05, 0.1) is 16.1 Å². The first-order valence-corrected chi connectivity index (χ1v) is 15.0. The molecule has 4 rings (SSSR count). The van der Waals surface area contributed by atoms with E-state index in [0.717, 1.165) is 42.7 Å². The van der Waals surface area contributed by atoms with Crippen LogP contribution in [0.5, 0.6) is 5.75 Å². The number of halogens is 5. The van der Waals surface area contributed by atoms with E-state index in [4.69, 9.17) is 21.4 Å². The van der Waals surface area contributed by atoms with E-state index in [1.807, 2.05) is 11.8 Å². The molecule has 14 heteroatoms. The number of aromatic nitrogens is 2. The van der Waals surface area contributed by atoms with Gasteiger partial charge in [0.1, 0.15) is 23.2 Å². The SMILES string of the molecule is CCCCN(C(=O)c1cccc(F)c1Cl)c1nnc(-c2ccc(OCCN3CCC(CC(=O)O)CC3)c(C(F)(F)F)c2)s1. The molecule has 8 nitrogen and oxygen atoms in total. The van der Waals surface area contributed by atoms with Crippen molar-refractivity contribution in [1.82, 2.24) is 15.1 Å². The minimum atomic E-state index is -4.70. The Morgan fingerprint density at radius 1 is 1.19 bits per heavy atom. The molecule has 43 heavy (non-hydrogen) atoms. The number of aliphatic carboxylic acids is 1. The number of hydrogen-bond donors (Lipinski definition) is 1. The second-order valence-electron chi connectivity index (χ2n) is 10.2. The Morgan fingerprint density at radius 2 is 1.93 bits per heavy atom. The molecule has 0 saturated carbocycles. The first kappa shape index (κ1) is 32.6. The Hall–Kier alpha value is -3.29. The highest BCUT2D eigenvalue weighted by atomic mass is 35.5. The number of unbranched alkanes of at least 4 members (excludes halogenated alkanes) is 1. The molecule has 1 amide bonds. The maximum absolute atomic E-state index is 14.0. The second kappa shape index (κ2) is 14.5. The molecule has 2 aromatic carbocycles. The first-order valence-electron chi connectivity index (χ1n) is 13.9. The average Bonchev–Trinajstić information content (AvgIpc) is 3.45. The molecule has 3 aromatic rings. The van der Waals surface area contributed by atoms with Gasteiger partial charge < -0.3 is 9.84 Å². The zero-order valence-corrected chi connectivity index (χ0v) is 24.9. The fourth-order valence-electron chi connectivity index (χ4n) is 4.81. The first-order chi connectivity index (χ1) is 20.5. The number of carboxylic acids is 1. The third-order valence-corrected chi connectivity index (χ3v) is 8.55. The number of nitrogens with zero attached hydrogens (tertiary/aromatic N) is 4. The largest absolute Gasteiger partial charge is 0.492 e. The molecule has 1 aliphatic rings. The molecule has 0 radical (unpaired) electrons. The van der Waals surface area contributed by atoms with Gasteiger partial charge in [0.2, 0.25) is 5.13 Å². The molecule has 232 valence electrons. The molecular formula is C29H31ClF4N4O4S. The molecular weight excluding hydrogens is 612 g/mol. The van der Waals surface area contributed by atoms with Gasteiger partial charge in [-0.25, -0.2) is 4.39 Å². The molecule has 1 saturated heterocycles. The fourth-order valence-corrected chi connectivity index (χ4v) is 5.88. The smallest absolute Gasteiger partial charge is 0.419 e. The number of carbonyl (C=O) groups excluding carboxylic acids is 1. The highest BCUT2D eigenvalue weighted by Crippen LogP contribution is 2.40. The van der Waals surface area contributed by atoms with Crippen LogP contribution in [0.3, 0.4) is 0 Å². The lowest BCUT2D eigenvalue weighted by Crippen LogP contribution is -2.37. The number of piperidine rings is 1. The minimum Gasteiger partial charge on any atom is -0.492 e. The average molecular weight is 643 g/mol. The van der Waals surface area contributed by atoms with Crippen LogP contribution in [0.2, 0.25) is 5.02 Å². The van der Waals surface area contributed by atoms with Crippen LogP contribution in [0.15, 0.2) is 36.4 Å². The molecule has 0 bridgehead atoms. The van der Waals surface area contributed by atoms with Crippen LogP contribution < -0.4 is 9.64 Å². The minimum absolute atomic E-state index is 0.0338. The summed E-state index contributed by atoms with van der Waals surface area (Å²) in [7, 11) is 0. The summed E-state index contributed by atoms with van der Waals surface area (Å²) in [5.74, 6) is -2.38. The van der Waals surface area contributed by atoms with Crippen LogP contribution in [-0.2, 0) is 11.0 Å². The third-order valence-electron chi connectivity index (χ3n) is 7.18. The predicted molar refractivity (Wildman–Crippen MR) is 155 cm³/mol. The second-order valence-corrected chi connectivity index (χ2v) is 11.6. The van der Waals surface area contributed by atoms with E-state index in [9.17, 15) is 27.2 Å². The van der Waals surface area contributed by atoms with Crippen molar-refractivity contribution in [3.8, 4) is 16.3 Å². The zero-order chi connectivity index (χ0) is 31.1. The monoisotopic (exact) mass is 642 g/mol. The molecule has 2 heterocycles. The lowest BCUT2D eigenvalue weighted by molar-refractivity contribution is -0.139. The van der Waals surface area contributed by atoms with E-state index in [-0.39, 0.29) is 57.5 Å². The molecule has 0 atom stereocenters. The van der Waals surface area contributed by atoms with E-state index < -0.39 is 29.4 Å². The maximum Gasteiger partial charge on any atom is 0.419 e. The van der Waals surface area contributed by atoms with Crippen molar-refractivity contribution in [2.45, 2.75) is 45.2 Å². The van der Waals surface area contributed by atoms with E-state index >= 15 is 0 Å². The van der Waals surface area contributed by atoms with Gasteiger partial charge in [0, 0.05) is 25.1 Å². The normalized spacial score (nSPS) is 14.6. The van der Waals surface area contributed by atoms with Crippen LogP contribution in [0.4, 0.5) is 22.7 Å². The van der Waals surface area contributed by atoms with E-state index in [1.165, 1.54) is 29.2 Å². The Morgan fingerprint density at radius 3 is 2.60 bits per heavy atom. The Bertz CT molecular complexity index is 1430. The van der Waals surface area contributed by atoms with Gasteiger partial charge in [-0.3, -0.25) is 19.4 Å². The molecule has 1 aliphatic heterocycles. The summed E-state index contributed by atoms with van der Waals surface area (Å²) in [5.41, 5.74) is -0.872. The number of amides is 1. The summed E-state index contributed by atoms with van der Waals surface area (Å²) in [6.07, 6.45) is -1.81. The van der Waals surface area contributed by atoms with Crippen LogP contribution in [0, 0.1) is 11.7 Å². The molecule has 1 fully saturated rings. The number of anilines is 1. The van der Waals surface area contributed by atoms with Crippen LogP contribution in [-0.4, -0.2) is 64.9 Å². The number of hydrogen-bond acceptors (Lipinski definition) is 7. The fraction of sp³-hybridized carbons (Fsp3) is 0.448. The van der Waals surface area contributed by atoms with Crippen molar-refractivity contribution in [1.29, 1.82) is 0 Å². The molecule has 1 aromatic heterocycles. The van der Waals surface area contributed by atoms with E-state index in [1.54, 1.807) is 0 Å². The number of ether oxygens (including phenoxy) is 1. The summed E-state index contributed by atoms with van der Waals surface area (Å²) in [4.78, 5) is 27.6. The predicted octanol–water partition coefficient (Wildman–Crippen LogP) is 7.03. The highest BCUT2D eigenvalue weighted by Gasteiger charge is 2.35. The quantitative estimate of drug-likeness (QED) is 0.212. The van der Waals surface area contributed by atoms with Gasteiger partial charge in [-0.05, 0) is 68.6 Å². The molecule has 0 aliphatic carbocycles. The summed E-state index contributed by atoms with van der Waals surface area (Å²) in [6, 6.07) is 7.53. The van der Waals surface area contributed by atoms with Gasteiger partial charge in [-0.2, -0.15) is 13.2 Å². The van der Waals surface area contributed by atoms with Gasteiger partial charge in [-0.1, -0.05) is 42.3 Å². The third kappa shape index (κ3) is 8.42. The van der Waals surface area contributed by atoms with Crippen molar-refractivity contribution in [2.75, 3.05) is 37.7 Å². The Kier molecular flexibility index (Phi) is 11.0. The van der Waals surface area contributed by atoms with Gasteiger partial charge >= 0.3 is 12.1 Å². The van der Waals surface area contributed by atoms with Crippen molar-refractivity contribution in [2.24, 2.45) is 5.92 Å². The molecule has 0 spiro atoms. The number of benzene rings is 2. The molecule has 0 unspecified atom stereocenters. The summed E-state index contributed by atoms with van der Waals surface area (Å²) < 4.78 is 61.7.